The first-order chi connectivity index (χ1) is 9.84. The number of phenols is 1. The molecular formula is C17H15ClO3. The Bertz CT molecular complexity index is 710. The summed E-state index contributed by atoms with van der Waals surface area (Å²) in [5, 5.41) is 10.5. The van der Waals surface area contributed by atoms with Crippen LogP contribution in [0.5, 0.6) is 5.75 Å². The largest absolute Gasteiger partial charge is 0.507 e. The topological polar surface area (TPSA) is 54.4 Å². The van der Waals surface area contributed by atoms with Gasteiger partial charge in [-0.1, -0.05) is 29.8 Å². The number of carbonyl (C=O) groups excluding carboxylic acids is 2. The normalized spacial score (nSPS) is 10.5. The standard InChI is InChI=1S/C17H15ClO3/c1-9-8-14(21)16(11(3)20)17(15(9)10(2)19)12-6-4-5-7-13(12)18/h4-8,21H,1-3H3. The van der Waals surface area contributed by atoms with Gasteiger partial charge in [-0.25, -0.2) is 0 Å². The predicted molar refractivity (Wildman–Crippen MR) is 83.3 cm³/mol. The van der Waals surface area contributed by atoms with Crippen molar-refractivity contribution in [2.45, 2.75) is 20.8 Å². The van der Waals surface area contributed by atoms with Gasteiger partial charge in [-0.2, -0.15) is 0 Å². The predicted octanol–water partition coefficient (Wildman–Crippen LogP) is 4.43. The lowest BCUT2D eigenvalue weighted by molar-refractivity contribution is 0.101. The summed E-state index contributed by atoms with van der Waals surface area (Å²) in [4.78, 5) is 24.0. The van der Waals surface area contributed by atoms with Crippen LogP contribution in [0.2, 0.25) is 5.02 Å². The van der Waals surface area contributed by atoms with Gasteiger partial charge in [-0.3, -0.25) is 9.59 Å². The first kappa shape index (κ1) is 15.3. The minimum absolute atomic E-state index is 0.124. The van der Waals surface area contributed by atoms with Crippen LogP contribution in [0.3, 0.4) is 0 Å². The molecule has 0 saturated carbocycles. The first-order valence-electron chi connectivity index (χ1n) is 6.48. The molecule has 0 spiro atoms. The van der Waals surface area contributed by atoms with Crippen molar-refractivity contribution in [1.29, 1.82) is 0 Å². The smallest absolute Gasteiger partial charge is 0.164 e. The Morgan fingerprint density at radius 2 is 1.62 bits per heavy atom. The van der Waals surface area contributed by atoms with Gasteiger partial charge in [0.25, 0.3) is 0 Å². The van der Waals surface area contributed by atoms with E-state index < -0.39 is 0 Å². The molecule has 0 saturated heterocycles. The van der Waals surface area contributed by atoms with Crippen LogP contribution < -0.4 is 0 Å². The van der Waals surface area contributed by atoms with Crippen LogP contribution in [-0.4, -0.2) is 16.7 Å². The molecular weight excluding hydrogens is 288 g/mol. The zero-order valence-electron chi connectivity index (χ0n) is 12.0. The van der Waals surface area contributed by atoms with Crippen LogP contribution in [0.4, 0.5) is 0 Å². The summed E-state index contributed by atoms with van der Waals surface area (Å²) in [5.74, 6) is -0.630. The molecule has 4 heteroatoms. The SMILES string of the molecule is CC(=O)c1c(C)cc(O)c(C(C)=O)c1-c1ccccc1Cl. The fraction of sp³-hybridized carbons (Fsp3) is 0.176. The van der Waals surface area contributed by atoms with Gasteiger partial charge in [0.15, 0.2) is 11.6 Å². The molecule has 21 heavy (non-hydrogen) atoms. The second kappa shape index (κ2) is 5.70. The fourth-order valence-electron chi connectivity index (χ4n) is 2.54. The van der Waals surface area contributed by atoms with Crippen molar-refractivity contribution in [3.8, 4) is 16.9 Å². The highest BCUT2D eigenvalue weighted by atomic mass is 35.5. The molecule has 0 amide bonds. The monoisotopic (exact) mass is 302 g/mol. The minimum atomic E-state index is -0.315. The Morgan fingerprint density at radius 1 is 1.05 bits per heavy atom. The second-order valence-corrected chi connectivity index (χ2v) is 5.34. The molecule has 0 atom stereocenters. The van der Waals surface area contributed by atoms with Crippen LogP contribution in [0, 0.1) is 6.92 Å². The highest BCUT2D eigenvalue weighted by Crippen LogP contribution is 2.39. The highest BCUT2D eigenvalue weighted by Gasteiger charge is 2.23. The van der Waals surface area contributed by atoms with Crippen molar-refractivity contribution in [2.75, 3.05) is 0 Å². The van der Waals surface area contributed by atoms with E-state index in [-0.39, 0.29) is 22.9 Å². The number of aromatic hydroxyl groups is 1. The van der Waals surface area contributed by atoms with E-state index in [0.717, 1.165) is 0 Å². The van der Waals surface area contributed by atoms with Crippen molar-refractivity contribution < 1.29 is 14.7 Å². The van der Waals surface area contributed by atoms with Crippen molar-refractivity contribution in [3.05, 3.63) is 52.0 Å². The average Bonchev–Trinajstić information content (AvgIpc) is 2.37. The third kappa shape index (κ3) is 2.69. The van der Waals surface area contributed by atoms with E-state index in [2.05, 4.69) is 0 Å². The molecule has 2 aromatic carbocycles. The number of ketones is 2. The van der Waals surface area contributed by atoms with Gasteiger partial charge in [-0.15, -0.1) is 0 Å². The van der Waals surface area contributed by atoms with E-state index >= 15 is 0 Å². The van der Waals surface area contributed by atoms with Crippen LogP contribution in [0.25, 0.3) is 11.1 Å². The molecule has 1 N–H and O–H groups in total. The summed E-state index contributed by atoms with van der Waals surface area (Å²) in [7, 11) is 0. The van der Waals surface area contributed by atoms with Gasteiger partial charge in [0.1, 0.15) is 5.75 Å². The Balaban J connectivity index is 3.00. The highest BCUT2D eigenvalue weighted by molar-refractivity contribution is 6.34. The van der Waals surface area contributed by atoms with Crippen LogP contribution in [0.1, 0.15) is 40.1 Å². The molecule has 0 unspecified atom stereocenters. The van der Waals surface area contributed by atoms with Crippen molar-refractivity contribution in [2.24, 2.45) is 0 Å². The Morgan fingerprint density at radius 3 is 2.14 bits per heavy atom. The minimum Gasteiger partial charge on any atom is -0.507 e. The number of rotatable bonds is 3. The number of aryl methyl sites for hydroxylation is 1. The molecule has 0 aliphatic rings. The van der Waals surface area contributed by atoms with Gasteiger partial charge < -0.3 is 5.11 Å². The molecule has 108 valence electrons. The first-order valence-corrected chi connectivity index (χ1v) is 6.85. The van der Waals surface area contributed by atoms with Crippen LogP contribution >= 0.6 is 11.6 Å². The van der Waals surface area contributed by atoms with Crippen molar-refractivity contribution >= 4 is 23.2 Å². The zero-order valence-corrected chi connectivity index (χ0v) is 12.8. The lowest BCUT2D eigenvalue weighted by atomic mass is 9.87. The fourth-order valence-corrected chi connectivity index (χ4v) is 2.77. The summed E-state index contributed by atoms with van der Waals surface area (Å²) in [5.41, 5.74) is 2.11. The maximum atomic E-state index is 12.0. The van der Waals surface area contributed by atoms with E-state index in [4.69, 9.17) is 11.6 Å². The quantitative estimate of drug-likeness (QED) is 0.854. The number of hydrogen-bond acceptors (Lipinski definition) is 3. The van der Waals surface area contributed by atoms with E-state index in [1.54, 1.807) is 31.2 Å². The van der Waals surface area contributed by atoms with E-state index in [1.165, 1.54) is 19.9 Å². The van der Waals surface area contributed by atoms with Crippen LogP contribution in [0.15, 0.2) is 30.3 Å². The molecule has 0 radical (unpaired) electrons. The number of phenolic OH excluding ortho intramolecular Hbond substituents is 1. The van der Waals surface area contributed by atoms with E-state index in [0.29, 0.717) is 27.3 Å². The summed E-state index contributed by atoms with van der Waals surface area (Å²) in [6.45, 7) is 4.51. The number of halogens is 1. The van der Waals surface area contributed by atoms with Gasteiger partial charge in [0.2, 0.25) is 0 Å². The number of hydrogen-bond donors (Lipinski definition) is 1. The third-order valence-electron chi connectivity index (χ3n) is 3.35. The van der Waals surface area contributed by atoms with Gasteiger partial charge in [0, 0.05) is 21.7 Å². The number of benzene rings is 2. The Kier molecular flexibility index (Phi) is 4.14. The zero-order chi connectivity index (χ0) is 15.7. The molecule has 0 aliphatic heterocycles. The molecule has 0 aliphatic carbocycles. The second-order valence-electron chi connectivity index (χ2n) is 4.93. The Hall–Kier alpha value is -2.13. The van der Waals surface area contributed by atoms with Gasteiger partial charge in [-0.05, 0) is 38.5 Å². The molecule has 2 aromatic rings. The van der Waals surface area contributed by atoms with Gasteiger partial charge >= 0.3 is 0 Å². The van der Waals surface area contributed by atoms with E-state index in [9.17, 15) is 14.7 Å². The summed E-state index contributed by atoms with van der Waals surface area (Å²) in [6, 6.07) is 8.39. The van der Waals surface area contributed by atoms with Crippen molar-refractivity contribution in [3.63, 3.8) is 0 Å². The number of carbonyl (C=O) groups is 2. The molecule has 2 rings (SSSR count). The lowest BCUT2D eigenvalue weighted by Crippen LogP contribution is -2.07. The molecule has 0 bridgehead atoms. The van der Waals surface area contributed by atoms with Crippen molar-refractivity contribution in [1.82, 2.24) is 0 Å². The van der Waals surface area contributed by atoms with E-state index in [1.807, 2.05) is 0 Å². The lowest BCUT2D eigenvalue weighted by Gasteiger charge is -2.17. The summed E-state index contributed by atoms with van der Waals surface area (Å²) >= 11 is 6.21. The number of Topliss-reactive ketones (excluding diaryl/α,β-unsaturated/α-hetero) is 2. The average molecular weight is 303 g/mol. The Labute approximate surface area is 128 Å². The summed E-state index contributed by atoms with van der Waals surface area (Å²) < 4.78 is 0. The molecule has 0 heterocycles. The molecule has 0 fully saturated rings. The molecule has 0 aromatic heterocycles. The van der Waals surface area contributed by atoms with Gasteiger partial charge in [0.05, 0.1) is 5.56 Å². The van der Waals surface area contributed by atoms with Crippen LogP contribution in [-0.2, 0) is 0 Å². The maximum Gasteiger partial charge on any atom is 0.164 e. The third-order valence-corrected chi connectivity index (χ3v) is 3.68. The maximum absolute atomic E-state index is 12.0. The summed E-state index contributed by atoms with van der Waals surface area (Å²) in [6.07, 6.45) is 0. The molecule has 3 nitrogen and oxygen atoms in total.